The minimum Gasteiger partial charge on any atom is -0.389 e. The van der Waals surface area contributed by atoms with Crippen molar-refractivity contribution in [2.75, 3.05) is 18.4 Å². The number of hydrogen-bond acceptors (Lipinski definition) is 3. The summed E-state index contributed by atoms with van der Waals surface area (Å²) in [5.41, 5.74) is -0.260. The number of amides is 1. The van der Waals surface area contributed by atoms with Crippen LogP contribution in [-0.2, 0) is 4.79 Å². The third-order valence-electron chi connectivity index (χ3n) is 3.75. The highest BCUT2D eigenvalue weighted by molar-refractivity contribution is 6.39. The third kappa shape index (κ3) is 4.85. The van der Waals surface area contributed by atoms with Crippen molar-refractivity contribution in [3.05, 3.63) is 28.2 Å². The predicted octanol–water partition coefficient (Wildman–Crippen LogP) is 3.22. The summed E-state index contributed by atoms with van der Waals surface area (Å²) in [7, 11) is 0. The summed E-state index contributed by atoms with van der Waals surface area (Å²) in [5, 5.41) is 16.8. The maximum Gasteiger partial charge on any atom is 0.238 e. The molecule has 0 unspecified atom stereocenters. The Bertz CT molecular complexity index is 482. The molecule has 1 amide bonds. The second-order valence-electron chi connectivity index (χ2n) is 5.53. The molecule has 1 saturated carbocycles. The Morgan fingerprint density at radius 3 is 2.43 bits per heavy atom. The van der Waals surface area contributed by atoms with Gasteiger partial charge in [-0.3, -0.25) is 4.79 Å². The Kier molecular flexibility index (Phi) is 5.88. The van der Waals surface area contributed by atoms with Crippen LogP contribution in [0.2, 0.25) is 10.0 Å². The van der Waals surface area contributed by atoms with Crippen molar-refractivity contribution in [3.8, 4) is 0 Å². The van der Waals surface area contributed by atoms with Crippen molar-refractivity contribution in [1.82, 2.24) is 5.32 Å². The molecule has 1 fully saturated rings. The van der Waals surface area contributed by atoms with E-state index in [0.29, 0.717) is 22.3 Å². The molecule has 1 aliphatic carbocycles. The summed E-state index contributed by atoms with van der Waals surface area (Å²) in [6.07, 6.45) is 4.84. The molecular formula is C15H20Cl2N2O2. The zero-order valence-corrected chi connectivity index (χ0v) is 13.3. The van der Waals surface area contributed by atoms with Crippen LogP contribution >= 0.6 is 23.2 Å². The average molecular weight is 331 g/mol. The molecular weight excluding hydrogens is 311 g/mol. The number of carbonyl (C=O) groups is 1. The smallest absolute Gasteiger partial charge is 0.238 e. The molecule has 0 saturated heterocycles. The van der Waals surface area contributed by atoms with Crippen molar-refractivity contribution < 1.29 is 9.90 Å². The van der Waals surface area contributed by atoms with Gasteiger partial charge in [-0.25, -0.2) is 0 Å². The van der Waals surface area contributed by atoms with Crippen LogP contribution in [0.4, 0.5) is 5.69 Å². The Labute approximate surface area is 134 Å². The van der Waals surface area contributed by atoms with Crippen LogP contribution in [0.5, 0.6) is 0 Å². The Morgan fingerprint density at radius 2 is 1.81 bits per heavy atom. The molecule has 21 heavy (non-hydrogen) atoms. The molecule has 0 spiro atoms. The number of halogens is 2. The first kappa shape index (κ1) is 16.6. The molecule has 1 aromatic rings. The quantitative estimate of drug-likeness (QED) is 0.776. The molecule has 116 valence electrons. The van der Waals surface area contributed by atoms with Gasteiger partial charge < -0.3 is 15.7 Å². The number of hydrogen-bond donors (Lipinski definition) is 3. The fourth-order valence-corrected chi connectivity index (χ4v) is 3.09. The van der Waals surface area contributed by atoms with Crippen molar-refractivity contribution in [1.29, 1.82) is 0 Å². The van der Waals surface area contributed by atoms with E-state index in [1.807, 2.05) is 0 Å². The lowest BCUT2D eigenvalue weighted by Crippen LogP contribution is -2.44. The summed E-state index contributed by atoms with van der Waals surface area (Å²) >= 11 is 12.0. The maximum absolute atomic E-state index is 11.9. The molecule has 0 aromatic heterocycles. The van der Waals surface area contributed by atoms with Gasteiger partial charge in [-0.2, -0.15) is 0 Å². The predicted molar refractivity (Wildman–Crippen MR) is 86.0 cm³/mol. The number of anilines is 1. The molecule has 0 heterocycles. The second-order valence-corrected chi connectivity index (χ2v) is 6.35. The largest absolute Gasteiger partial charge is 0.389 e. The standard InChI is InChI=1S/C15H20Cl2N2O2/c16-11-5-4-6-12(17)14(11)19-13(20)9-18-10-15(21)7-2-1-3-8-15/h4-6,18,21H,1-3,7-10H2,(H,19,20). The first-order chi connectivity index (χ1) is 10.0. The highest BCUT2D eigenvalue weighted by Gasteiger charge is 2.28. The van der Waals surface area contributed by atoms with Gasteiger partial charge >= 0.3 is 0 Å². The van der Waals surface area contributed by atoms with Crippen LogP contribution in [0.3, 0.4) is 0 Å². The first-order valence-corrected chi connectivity index (χ1v) is 7.93. The van der Waals surface area contributed by atoms with E-state index in [1.165, 1.54) is 6.42 Å². The van der Waals surface area contributed by atoms with Gasteiger partial charge in [0.25, 0.3) is 0 Å². The lowest BCUT2D eigenvalue weighted by atomic mass is 9.85. The molecule has 3 N–H and O–H groups in total. The number of rotatable bonds is 5. The van der Waals surface area contributed by atoms with Gasteiger partial charge in [0.1, 0.15) is 0 Å². The van der Waals surface area contributed by atoms with Crippen LogP contribution in [0.15, 0.2) is 18.2 Å². The molecule has 0 aliphatic heterocycles. The van der Waals surface area contributed by atoms with Gasteiger partial charge in [-0.05, 0) is 25.0 Å². The van der Waals surface area contributed by atoms with Crippen LogP contribution in [0.25, 0.3) is 0 Å². The molecule has 1 aromatic carbocycles. The highest BCUT2D eigenvalue weighted by atomic mass is 35.5. The number of para-hydroxylation sites is 1. The number of nitrogens with one attached hydrogen (secondary N) is 2. The SMILES string of the molecule is O=C(CNCC1(O)CCCCC1)Nc1c(Cl)cccc1Cl. The number of aliphatic hydroxyl groups is 1. The molecule has 6 heteroatoms. The van der Waals surface area contributed by atoms with E-state index in [4.69, 9.17) is 23.2 Å². The number of carbonyl (C=O) groups excluding carboxylic acids is 1. The van der Waals surface area contributed by atoms with E-state index >= 15 is 0 Å². The molecule has 0 atom stereocenters. The normalized spacial score (nSPS) is 17.5. The summed E-state index contributed by atoms with van der Waals surface area (Å²) < 4.78 is 0. The Balaban J connectivity index is 1.80. The van der Waals surface area contributed by atoms with Gasteiger partial charge in [0.2, 0.25) is 5.91 Å². The van der Waals surface area contributed by atoms with Gasteiger partial charge in [0.05, 0.1) is 27.9 Å². The van der Waals surface area contributed by atoms with Crippen LogP contribution < -0.4 is 10.6 Å². The third-order valence-corrected chi connectivity index (χ3v) is 4.38. The number of benzene rings is 1. The Morgan fingerprint density at radius 1 is 1.19 bits per heavy atom. The van der Waals surface area contributed by atoms with Crippen LogP contribution in [0.1, 0.15) is 32.1 Å². The highest BCUT2D eigenvalue weighted by Crippen LogP contribution is 2.29. The zero-order valence-electron chi connectivity index (χ0n) is 11.8. The van der Waals surface area contributed by atoms with E-state index in [1.54, 1.807) is 18.2 Å². The minimum absolute atomic E-state index is 0.115. The summed E-state index contributed by atoms with van der Waals surface area (Å²) in [4.78, 5) is 11.9. The summed E-state index contributed by atoms with van der Waals surface area (Å²) in [6, 6.07) is 5.06. The van der Waals surface area contributed by atoms with Gasteiger partial charge in [-0.1, -0.05) is 48.5 Å². The monoisotopic (exact) mass is 330 g/mol. The molecule has 0 radical (unpaired) electrons. The van der Waals surface area contributed by atoms with E-state index < -0.39 is 5.60 Å². The maximum atomic E-state index is 11.9. The lowest BCUT2D eigenvalue weighted by Gasteiger charge is -2.32. The fourth-order valence-electron chi connectivity index (χ4n) is 2.60. The van der Waals surface area contributed by atoms with Crippen LogP contribution in [0, 0.1) is 0 Å². The van der Waals surface area contributed by atoms with E-state index in [9.17, 15) is 9.90 Å². The minimum atomic E-state index is -0.680. The molecule has 2 rings (SSSR count). The topological polar surface area (TPSA) is 61.4 Å². The summed E-state index contributed by atoms with van der Waals surface area (Å²) in [5.74, 6) is -0.232. The fraction of sp³-hybridized carbons (Fsp3) is 0.533. The van der Waals surface area contributed by atoms with E-state index in [-0.39, 0.29) is 12.5 Å². The summed E-state index contributed by atoms with van der Waals surface area (Å²) in [6.45, 7) is 0.542. The molecule has 4 nitrogen and oxygen atoms in total. The molecule has 0 bridgehead atoms. The zero-order chi connectivity index (χ0) is 15.3. The van der Waals surface area contributed by atoms with Crippen LogP contribution in [-0.4, -0.2) is 29.7 Å². The second kappa shape index (κ2) is 7.45. The Hall–Kier alpha value is -0.810. The van der Waals surface area contributed by atoms with E-state index in [0.717, 1.165) is 25.7 Å². The average Bonchev–Trinajstić information content (AvgIpc) is 2.44. The van der Waals surface area contributed by atoms with Gasteiger partial charge in [0, 0.05) is 6.54 Å². The van der Waals surface area contributed by atoms with Gasteiger partial charge in [-0.15, -0.1) is 0 Å². The lowest BCUT2D eigenvalue weighted by molar-refractivity contribution is -0.115. The van der Waals surface area contributed by atoms with Gasteiger partial charge in [0.15, 0.2) is 0 Å². The van der Waals surface area contributed by atoms with Crippen molar-refractivity contribution in [3.63, 3.8) is 0 Å². The first-order valence-electron chi connectivity index (χ1n) is 7.17. The van der Waals surface area contributed by atoms with Crippen molar-refractivity contribution in [2.45, 2.75) is 37.7 Å². The van der Waals surface area contributed by atoms with E-state index in [2.05, 4.69) is 10.6 Å². The molecule has 1 aliphatic rings. The van der Waals surface area contributed by atoms with Crippen molar-refractivity contribution in [2.24, 2.45) is 0 Å². The van der Waals surface area contributed by atoms with Crippen molar-refractivity contribution >= 4 is 34.8 Å².